The minimum atomic E-state index is -0.565. The molecule has 1 N–H and O–H groups in total. The number of carbonyl (C=O) groups excluding carboxylic acids is 1. The number of nitrogens with one attached hydrogen (secondary N) is 1. The molecule has 8 heteroatoms. The standard InChI is InChI=1S/C24H18F2N4O2/c25-20-13-18(3-6-22(20)30-11-10-28-16-30)14-29-24(31)8-5-17-4-7-23(21(26)12-17)32-19-2-1-9-27-15-19/h1-13,15-16H,14H2,(H,29,31)/b8-5+. The van der Waals surface area contributed by atoms with Crippen LogP contribution in [0.4, 0.5) is 8.78 Å². The van der Waals surface area contributed by atoms with Crippen molar-refractivity contribution in [2.75, 3.05) is 0 Å². The summed E-state index contributed by atoms with van der Waals surface area (Å²) in [6.07, 6.45) is 10.6. The Bertz CT molecular complexity index is 1240. The summed E-state index contributed by atoms with van der Waals surface area (Å²) in [5.41, 5.74) is 1.47. The van der Waals surface area contributed by atoms with Crippen LogP contribution in [0.15, 0.2) is 85.7 Å². The monoisotopic (exact) mass is 432 g/mol. The summed E-state index contributed by atoms with van der Waals surface area (Å²) in [7, 11) is 0. The van der Waals surface area contributed by atoms with Crippen molar-refractivity contribution in [3.05, 3.63) is 108 Å². The predicted molar refractivity (Wildman–Crippen MR) is 115 cm³/mol. The molecule has 0 saturated heterocycles. The van der Waals surface area contributed by atoms with Crippen LogP contribution in [-0.2, 0) is 11.3 Å². The van der Waals surface area contributed by atoms with Gasteiger partial charge in [-0.15, -0.1) is 0 Å². The molecule has 32 heavy (non-hydrogen) atoms. The minimum Gasteiger partial charge on any atom is -0.453 e. The number of nitrogens with zero attached hydrogens (tertiary/aromatic N) is 3. The Morgan fingerprint density at radius 3 is 2.69 bits per heavy atom. The van der Waals surface area contributed by atoms with Crippen LogP contribution in [0.1, 0.15) is 11.1 Å². The summed E-state index contributed by atoms with van der Waals surface area (Å²) >= 11 is 0. The first-order chi connectivity index (χ1) is 15.6. The lowest BCUT2D eigenvalue weighted by molar-refractivity contribution is -0.116. The van der Waals surface area contributed by atoms with E-state index in [1.165, 1.54) is 42.9 Å². The largest absolute Gasteiger partial charge is 0.453 e. The van der Waals surface area contributed by atoms with Crippen molar-refractivity contribution >= 4 is 12.0 Å². The van der Waals surface area contributed by atoms with Gasteiger partial charge in [0.1, 0.15) is 11.6 Å². The van der Waals surface area contributed by atoms with Gasteiger partial charge >= 0.3 is 0 Å². The van der Waals surface area contributed by atoms with Gasteiger partial charge in [-0.2, -0.15) is 0 Å². The first-order valence-electron chi connectivity index (χ1n) is 9.68. The Balaban J connectivity index is 1.33. The van der Waals surface area contributed by atoms with Crippen molar-refractivity contribution in [3.63, 3.8) is 0 Å². The van der Waals surface area contributed by atoms with Crippen LogP contribution in [-0.4, -0.2) is 20.4 Å². The summed E-state index contributed by atoms with van der Waals surface area (Å²) in [5.74, 6) is -0.899. The van der Waals surface area contributed by atoms with Crippen molar-refractivity contribution in [1.82, 2.24) is 19.9 Å². The maximum Gasteiger partial charge on any atom is 0.244 e. The van der Waals surface area contributed by atoms with Gasteiger partial charge in [0.15, 0.2) is 11.6 Å². The van der Waals surface area contributed by atoms with Gasteiger partial charge in [0.05, 0.1) is 18.2 Å². The molecule has 0 atom stereocenters. The average molecular weight is 432 g/mol. The maximum atomic E-state index is 14.3. The predicted octanol–water partition coefficient (Wildman–Crippen LogP) is 4.67. The van der Waals surface area contributed by atoms with Crippen LogP contribution in [0, 0.1) is 11.6 Å². The molecule has 0 unspecified atom stereocenters. The molecular formula is C24H18F2N4O2. The molecule has 1 amide bonds. The minimum absolute atomic E-state index is 0.0563. The van der Waals surface area contributed by atoms with Crippen molar-refractivity contribution in [3.8, 4) is 17.2 Å². The third-order valence-corrected chi connectivity index (χ3v) is 4.51. The summed E-state index contributed by atoms with van der Waals surface area (Å²) < 4.78 is 35.6. The Labute approximate surface area is 182 Å². The summed E-state index contributed by atoms with van der Waals surface area (Å²) in [5, 5.41) is 2.67. The number of carbonyl (C=O) groups is 1. The number of ether oxygens (including phenoxy) is 1. The lowest BCUT2D eigenvalue weighted by atomic mass is 10.2. The molecule has 0 aliphatic heterocycles. The maximum absolute atomic E-state index is 14.3. The molecule has 4 rings (SSSR count). The Morgan fingerprint density at radius 1 is 1.06 bits per heavy atom. The van der Waals surface area contributed by atoms with Gasteiger partial charge < -0.3 is 14.6 Å². The molecule has 0 fully saturated rings. The number of imidazole rings is 1. The molecule has 0 aliphatic carbocycles. The van der Waals surface area contributed by atoms with E-state index in [-0.39, 0.29) is 18.2 Å². The van der Waals surface area contributed by atoms with Crippen LogP contribution in [0.25, 0.3) is 11.8 Å². The third kappa shape index (κ3) is 5.23. The number of benzene rings is 2. The van der Waals surface area contributed by atoms with Crippen LogP contribution in [0.3, 0.4) is 0 Å². The van der Waals surface area contributed by atoms with Gasteiger partial charge in [0.2, 0.25) is 5.91 Å². The number of pyridine rings is 1. The second kappa shape index (κ2) is 9.65. The van der Waals surface area contributed by atoms with Gasteiger partial charge in [-0.05, 0) is 53.6 Å². The fourth-order valence-corrected chi connectivity index (χ4v) is 2.93. The van der Waals surface area contributed by atoms with Crippen molar-refractivity contribution < 1.29 is 18.3 Å². The number of amides is 1. The molecular weight excluding hydrogens is 414 g/mol. The molecule has 2 aromatic carbocycles. The van der Waals surface area contributed by atoms with Gasteiger partial charge in [-0.1, -0.05) is 12.1 Å². The van der Waals surface area contributed by atoms with Crippen LogP contribution >= 0.6 is 0 Å². The zero-order valence-electron chi connectivity index (χ0n) is 16.8. The molecule has 0 saturated carbocycles. The van der Waals surface area contributed by atoms with E-state index in [0.717, 1.165) is 0 Å². The van der Waals surface area contributed by atoms with E-state index in [4.69, 9.17) is 4.74 Å². The van der Waals surface area contributed by atoms with Crippen LogP contribution in [0.5, 0.6) is 11.5 Å². The second-order valence-corrected chi connectivity index (χ2v) is 6.79. The second-order valence-electron chi connectivity index (χ2n) is 6.79. The van der Waals surface area contributed by atoms with Gasteiger partial charge in [-0.3, -0.25) is 9.78 Å². The van der Waals surface area contributed by atoms with Crippen LogP contribution in [0.2, 0.25) is 0 Å². The highest BCUT2D eigenvalue weighted by Crippen LogP contribution is 2.24. The van der Waals surface area contributed by atoms with E-state index in [1.54, 1.807) is 53.5 Å². The first kappa shape index (κ1) is 20.9. The number of hydrogen-bond donors (Lipinski definition) is 1. The highest BCUT2D eigenvalue weighted by Gasteiger charge is 2.07. The highest BCUT2D eigenvalue weighted by atomic mass is 19.1. The molecule has 2 heterocycles. The molecule has 0 bridgehead atoms. The van der Waals surface area contributed by atoms with Gasteiger partial charge in [0.25, 0.3) is 0 Å². The average Bonchev–Trinajstić information content (AvgIpc) is 3.33. The van der Waals surface area contributed by atoms with E-state index in [0.29, 0.717) is 22.6 Å². The van der Waals surface area contributed by atoms with Gasteiger partial charge in [-0.25, -0.2) is 13.8 Å². The van der Waals surface area contributed by atoms with E-state index in [1.807, 2.05) is 0 Å². The first-order valence-corrected chi connectivity index (χ1v) is 9.68. The molecule has 0 spiro atoms. The molecule has 0 radical (unpaired) electrons. The fourth-order valence-electron chi connectivity index (χ4n) is 2.93. The van der Waals surface area contributed by atoms with E-state index < -0.39 is 11.6 Å². The normalized spacial score (nSPS) is 10.9. The molecule has 2 aromatic heterocycles. The summed E-state index contributed by atoms with van der Waals surface area (Å²) in [4.78, 5) is 19.9. The Kier molecular flexibility index (Phi) is 6.31. The zero-order chi connectivity index (χ0) is 22.3. The van der Waals surface area contributed by atoms with E-state index in [2.05, 4.69) is 15.3 Å². The quantitative estimate of drug-likeness (QED) is 0.431. The third-order valence-electron chi connectivity index (χ3n) is 4.51. The molecule has 160 valence electrons. The van der Waals surface area contributed by atoms with Crippen molar-refractivity contribution in [1.29, 1.82) is 0 Å². The van der Waals surface area contributed by atoms with Crippen molar-refractivity contribution in [2.45, 2.75) is 6.54 Å². The van der Waals surface area contributed by atoms with E-state index in [9.17, 15) is 13.6 Å². The molecule has 0 aliphatic rings. The lowest BCUT2D eigenvalue weighted by Crippen LogP contribution is -2.20. The summed E-state index contributed by atoms with van der Waals surface area (Å²) in [6, 6.07) is 12.4. The van der Waals surface area contributed by atoms with Gasteiger partial charge in [0, 0.05) is 31.2 Å². The van der Waals surface area contributed by atoms with Crippen LogP contribution < -0.4 is 10.1 Å². The lowest BCUT2D eigenvalue weighted by Gasteiger charge is -2.08. The SMILES string of the molecule is O=C(/C=C/c1ccc(Oc2cccnc2)c(F)c1)NCc1ccc(-n2ccnc2)c(F)c1. The smallest absolute Gasteiger partial charge is 0.244 e. The van der Waals surface area contributed by atoms with Crippen molar-refractivity contribution in [2.24, 2.45) is 0 Å². The Hall–Kier alpha value is -4.33. The highest BCUT2D eigenvalue weighted by molar-refractivity contribution is 5.91. The topological polar surface area (TPSA) is 69.0 Å². The molecule has 6 nitrogen and oxygen atoms in total. The number of hydrogen-bond acceptors (Lipinski definition) is 4. The fraction of sp³-hybridized carbons (Fsp3) is 0.0417. The molecule has 4 aromatic rings. The number of aromatic nitrogens is 3. The Morgan fingerprint density at radius 2 is 1.97 bits per heavy atom. The zero-order valence-corrected chi connectivity index (χ0v) is 16.8. The number of rotatable bonds is 7. The number of halogens is 2. The van der Waals surface area contributed by atoms with E-state index >= 15 is 0 Å². The summed E-state index contributed by atoms with van der Waals surface area (Å²) in [6.45, 7) is 0.149.